The second kappa shape index (κ2) is 4.85. The lowest BCUT2D eigenvalue weighted by Crippen LogP contribution is -2.14. The number of aromatic amines is 1. The van der Waals surface area contributed by atoms with Crippen LogP contribution in [0, 0.1) is 4.77 Å². The lowest BCUT2D eigenvalue weighted by atomic mass is 10.2. The fourth-order valence-corrected chi connectivity index (χ4v) is 2.93. The standard InChI is InChI=1S/C12H12Cl2N2OS/c13-8-4-10-11(5-9(8)14)16(12(18)15-10)6-7-2-1-3-17-7/h4-5,7H,1-3,6H2,(H,15,18). The van der Waals surface area contributed by atoms with Crippen LogP contribution in [-0.2, 0) is 11.3 Å². The smallest absolute Gasteiger partial charge is 0.178 e. The third-order valence-corrected chi connectivity index (χ3v) is 4.27. The predicted molar refractivity (Wildman–Crippen MR) is 76.1 cm³/mol. The first kappa shape index (κ1) is 12.5. The van der Waals surface area contributed by atoms with Gasteiger partial charge in [0.1, 0.15) is 0 Å². The van der Waals surface area contributed by atoms with E-state index in [1.54, 1.807) is 6.07 Å². The van der Waals surface area contributed by atoms with E-state index in [0.717, 1.165) is 37.0 Å². The Morgan fingerprint density at radius 1 is 1.39 bits per heavy atom. The first-order valence-corrected chi connectivity index (χ1v) is 7.01. The predicted octanol–water partition coefficient (Wildman–Crippen LogP) is 4.18. The summed E-state index contributed by atoms with van der Waals surface area (Å²) in [5.74, 6) is 0. The maximum atomic E-state index is 6.06. The van der Waals surface area contributed by atoms with E-state index >= 15 is 0 Å². The van der Waals surface area contributed by atoms with Gasteiger partial charge in [0.2, 0.25) is 0 Å². The van der Waals surface area contributed by atoms with Crippen LogP contribution in [0.3, 0.4) is 0 Å². The highest BCUT2D eigenvalue weighted by Gasteiger charge is 2.18. The van der Waals surface area contributed by atoms with E-state index in [-0.39, 0.29) is 6.10 Å². The van der Waals surface area contributed by atoms with Crippen LogP contribution in [0.1, 0.15) is 12.8 Å². The summed E-state index contributed by atoms with van der Waals surface area (Å²) in [7, 11) is 0. The Morgan fingerprint density at radius 3 is 2.89 bits per heavy atom. The molecule has 1 aromatic carbocycles. The number of benzene rings is 1. The zero-order chi connectivity index (χ0) is 12.7. The fraction of sp³-hybridized carbons (Fsp3) is 0.417. The number of rotatable bonds is 2. The topological polar surface area (TPSA) is 29.9 Å². The molecule has 1 saturated heterocycles. The quantitative estimate of drug-likeness (QED) is 0.843. The minimum Gasteiger partial charge on any atom is -0.376 e. The highest BCUT2D eigenvalue weighted by molar-refractivity contribution is 7.71. The second-order valence-electron chi connectivity index (χ2n) is 4.46. The first-order valence-electron chi connectivity index (χ1n) is 5.84. The van der Waals surface area contributed by atoms with Crippen LogP contribution >= 0.6 is 35.4 Å². The number of hydrogen-bond donors (Lipinski definition) is 1. The van der Waals surface area contributed by atoms with Crippen molar-refractivity contribution in [1.29, 1.82) is 0 Å². The molecule has 0 radical (unpaired) electrons. The summed E-state index contributed by atoms with van der Waals surface area (Å²) in [6.45, 7) is 1.60. The Kier molecular flexibility index (Phi) is 3.36. The molecule has 2 heterocycles. The van der Waals surface area contributed by atoms with Gasteiger partial charge in [0.25, 0.3) is 0 Å². The van der Waals surface area contributed by atoms with Gasteiger partial charge in [0.15, 0.2) is 4.77 Å². The molecule has 2 aromatic rings. The van der Waals surface area contributed by atoms with Crippen molar-refractivity contribution in [3.8, 4) is 0 Å². The fourth-order valence-electron chi connectivity index (χ4n) is 2.33. The molecule has 3 nitrogen and oxygen atoms in total. The van der Waals surface area contributed by atoms with E-state index in [1.807, 2.05) is 10.6 Å². The molecule has 0 amide bonds. The normalized spacial score (nSPS) is 19.8. The third kappa shape index (κ3) is 2.18. The number of H-pyrrole nitrogens is 1. The molecular weight excluding hydrogens is 291 g/mol. The SMILES string of the molecule is S=c1[nH]c2cc(Cl)c(Cl)cc2n1CC1CCCO1. The Hall–Kier alpha value is -0.550. The molecule has 0 aliphatic carbocycles. The molecule has 1 aliphatic rings. The lowest BCUT2D eigenvalue weighted by Gasteiger charge is -2.11. The van der Waals surface area contributed by atoms with Crippen LogP contribution in [-0.4, -0.2) is 22.3 Å². The Balaban J connectivity index is 2.07. The molecule has 0 saturated carbocycles. The molecule has 0 bridgehead atoms. The van der Waals surface area contributed by atoms with E-state index in [9.17, 15) is 0 Å². The number of fused-ring (bicyclic) bond motifs is 1. The van der Waals surface area contributed by atoms with Crippen LogP contribution in [0.5, 0.6) is 0 Å². The second-order valence-corrected chi connectivity index (χ2v) is 5.66. The van der Waals surface area contributed by atoms with Crippen LogP contribution in [0.2, 0.25) is 10.0 Å². The van der Waals surface area contributed by atoms with E-state index < -0.39 is 0 Å². The molecular formula is C12H12Cl2N2OS. The molecule has 3 rings (SSSR count). The Bertz CT molecular complexity index is 643. The molecule has 1 fully saturated rings. The van der Waals surface area contributed by atoms with Crippen LogP contribution in [0.15, 0.2) is 12.1 Å². The summed E-state index contributed by atoms with van der Waals surface area (Å²) in [5, 5.41) is 1.07. The largest absolute Gasteiger partial charge is 0.376 e. The Labute approximate surface area is 120 Å². The van der Waals surface area contributed by atoms with Crippen molar-refractivity contribution in [2.45, 2.75) is 25.5 Å². The number of nitrogens with zero attached hydrogens (tertiary/aromatic N) is 1. The van der Waals surface area contributed by atoms with Crippen molar-refractivity contribution in [3.05, 3.63) is 26.9 Å². The summed E-state index contributed by atoms with van der Waals surface area (Å²) in [4.78, 5) is 3.15. The average Bonchev–Trinajstić information content (AvgIpc) is 2.92. The van der Waals surface area contributed by atoms with Crippen molar-refractivity contribution >= 4 is 46.5 Å². The maximum absolute atomic E-state index is 6.06. The van der Waals surface area contributed by atoms with Gasteiger partial charge in [-0.3, -0.25) is 0 Å². The van der Waals surface area contributed by atoms with Gasteiger partial charge >= 0.3 is 0 Å². The number of halogens is 2. The number of imidazole rings is 1. The van der Waals surface area contributed by atoms with Gasteiger partial charge in [-0.15, -0.1) is 0 Å². The van der Waals surface area contributed by atoms with Crippen molar-refractivity contribution in [2.75, 3.05) is 6.61 Å². The van der Waals surface area contributed by atoms with Crippen molar-refractivity contribution in [2.24, 2.45) is 0 Å². The van der Waals surface area contributed by atoms with Crippen molar-refractivity contribution in [3.63, 3.8) is 0 Å². The van der Waals surface area contributed by atoms with Crippen LogP contribution < -0.4 is 0 Å². The molecule has 1 atom stereocenters. The molecule has 1 aromatic heterocycles. The van der Waals surface area contributed by atoms with E-state index in [1.165, 1.54) is 0 Å². The van der Waals surface area contributed by atoms with E-state index in [4.69, 9.17) is 40.2 Å². The van der Waals surface area contributed by atoms with Gasteiger partial charge in [-0.2, -0.15) is 0 Å². The van der Waals surface area contributed by atoms with Gasteiger partial charge < -0.3 is 14.3 Å². The number of nitrogens with one attached hydrogen (secondary N) is 1. The summed E-state index contributed by atoms with van der Waals surface area (Å²) in [6, 6.07) is 3.65. The monoisotopic (exact) mass is 302 g/mol. The zero-order valence-electron chi connectivity index (χ0n) is 9.58. The van der Waals surface area contributed by atoms with Crippen LogP contribution in [0.4, 0.5) is 0 Å². The first-order chi connectivity index (χ1) is 8.65. The van der Waals surface area contributed by atoms with Gasteiger partial charge in [-0.1, -0.05) is 23.2 Å². The molecule has 18 heavy (non-hydrogen) atoms. The van der Waals surface area contributed by atoms with Gasteiger partial charge in [0, 0.05) is 6.61 Å². The Morgan fingerprint density at radius 2 is 2.17 bits per heavy atom. The molecule has 1 aliphatic heterocycles. The minimum absolute atomic E-state index is 0.241. The van der Waals surface area contributed by atoms with Crippen molar-refractivity contribution in [1.82, 2.24) is 9.55 Å². The number of hydrogen-bond acceptors (Lipinski definition) is 2. The summed E-state index contributed by atoms with van der Waals surface area (Å²) in [6.07, 6.45) is 2.44. The van der Waals surface area contributed by atoms with E-state index in [2.05, 4.69) is 4.98 Å². The average molecular weight is 303 g/mol. The van der Waals surface area contributed by atoms with Crippen LogP contribution in [0.25, 0.3) is 11.0 Å². The number of ether oxygens (including phenoxy) is 1. The van der Waals surface area contributed by atoms with Crippen molar-refractivity contribution < 1.29 is 4.74 Å². The summed E-state index contributed by atoms with van der Waals surface area (Å²) in [5.41, 5.74) is 1.89. The maximum Gasteiger partial charge on any atom is 0.178 e. The minimum atomic E-state index is 0.241. The molecule has 1 unspecified atom stereocenters. The molecule has 6 heteroatoms. The highest BCUT2D eigenvalue weighted by Crippen LogP contribution is 2.28. The molecule has 96 valence electrons. The van der Waals surface area contributed by atoms with E-state index in [0.29, 0.717) is 14.8 Å². The summed E-state index contributed by atoms with van der Waals surface area (Å²) >= 11 is 17.4. The highest BCUT2D eigenvalue weighted by atomic mass is 35.5. The van der Waals surface area contributed by atoms with Gasteiger partial charge in [-0.05, 0) is 37.2 Å². The molecule has 1 N–H and O–H groups in total. The number of aromatic nitrogens is 2. The molecule has 0 spiro atoms. The van der Waals surface area contributed by atoms with Gasteiger partial charge in [-0.25, -0.2) is 0 Å². The summed E-state index contributed by atoms with van der Waals surface area (Å²) < 4.78 is 8.35. The van der Waals surface area contributed by atoms with Gasteiger partial charge in [0.05, 0.1) is 33.7 Å². The lowest BCUT2D eigenvalue weighted by molar-refractivity contribution is 0.0976. The zero-order valence-corrected chi connectivity index (χ0v) is 11.9. The third-order valence-electron chi connectivity index (χ3n) is 3.23.